The first-order valence-corrected chi connectivity index (χ1v) is 50.5. The summed E-state index contributed by atoms with van der Waals surface area (Å²) in [5.41, 5.74) is 19.5. The summed E-state index contributed by atoms with van der Waals surface area (Å²) in [6.07, 6.45) is 20.0. The molecule has 0 aliphatic carbocycles. The van der Waals surface area contributed by atoms with Crippen LogP contribution in [-0.2, 0) is 114 Å². The zero-order chi connectivity index (χ0) is 104. The van der Waals surface area contributed by atoms with E-state index in [-0.39, 0.29) is 27.9 Å². The number of nitrogens with two attached hydrogens (primary N) is 1. The molecule has 0 fully saturated rings. The van der Waals surface area contributed by atoms with E-state index in [2.05, 4.69) is 217 Å². The molecular formula is C112H157F6N21O5S2. The lowest BCUT2D eigenvalue weighted by molar-refractivity contribution is -0.173. The van der Waals surface area contributed by atoms with Crippen molar-refractivity contribution >= 4 is 34.5 Å². The maximum absolute atomic E-state index is 12.3. The van der Waals surface area contributed by atoms with Gasteiger partial charge >= 0.3 is 24.2 Å². The molecule has 0 saturated carbocycles. The van der Waals surface area contributed by atoms with Crippen molar-refractivity contribution in [2.75, 3.05) is 53.6 Å². The Labute approximate surface area is 870 Å². The molecule has 0 spiro atoms. The van der Waals surface area contributed by atoms with Crippen LogP contribution in [0.3, 0.4) is 0 Å². The Hall–Kier alpha value is -12.1. The Kier molecular flexibility index (Phi) is 57.6. The number of nitrogens with one attached hydrogen (secondary N) is 8. The Morgan fingerprint density at radius 1 is 0.336 bits per heavy atom. The summed E-state index contributed by atoms with van der Waals surface area (Å²) in [6.45, 7) is 36.8. The lowest BCUT2D eigenvalue weighted by Crippen LogP contribution is -2.37. The van der Waals surface area contributed by atoms with Gasteiger partial charge in [0, 0.05) is 202 Å². The number of ether oxygens (including phenoxy) is 3. The average molecular weight is 2060 g/mol. The molecule has 146 heavy (non-hydrogen) atoms. The van der Waals surface area contributed by atoms with Gasteiger partial charge in [0.1, 0.15) is 28.9 Å². The van der Waals surface area contributed by atoms with Crippen molar-refractivity contribution < 1.29 is 50.1 Å². The van der Waals surface area contributed by atoms with Gasteiger partial charge < -0.3 is 61.8 Å². The third-order valence-electron chi connectivity index (χ3n) is 20.2. The number of carbonyl (C=O) groups is 2. The van der Waals surface area contributed by atoms with E-state index in [0.29, 0.717) is 138 Å². The summed E-state index contributed by atoms with van der Waals surface area (Å²) in [5.74, 6) is 0.602. The van der Waals surface area contributed by atoms with Crippen LogP contribution in [0.15, 0.2) is 249 Å². The van der Waals surface area contributed by atoms with Crippen LogP contribution < -0.4 is 51.8 Å². The number of amides is 2. The quantitative estimate of drug-likeness (QED) is 0.0126. The van der Waals surface area contributed by atoms with E-state index in [1.54, 1.807) is 59.9 Å². The summed E-state index contributed by atoms with van der Waals surface area (Å²) >= 11 is 3.48. The predicted octanol–water partition coefficient (Wildman–Crippen LogP) is 22.4. The number of benzene rings is 3. The van der Waals surface area contributed by atoms with Crippen LogP contribution in [0.25, 0.3) is 0 Å². The van der Waals surface area contributed by atoms with E-state index in [1.165, 1.54) is 21.1 Å². The largest absolute Gasteiger partial charge is 0.494 e. The number of imidazole rings is 2. The van der Waals surface area contributed by atoms with Crippen molar-refractivity contribution in [2.45, 2.75) is 253 Å². The lowest BCUT2D eigenvalue weighted by atomic mass is 9.92. The molecule has 13 aromatic rings. The van der Waals surface area contributed by atoms with Crippen LogP contribution in [0.4, 0.5) is 26.3 Å². The Morgan fingerprint density at radius 3 is 0.863 bits per heavy atom. The van der Waals surface area contributed by atoms with Crippen molar-refractivity contribution in [1.82, 2.24) is 102 Å². The third kappa shape index (κ3) is 58.9. The zero-order valence-corrected chi connectivity index (χ0v) is 87.7. The second-order valence-corrected chi connectivity index (χ2v) is 41.4. The molecule has 26 nitrogen and oxygen atoms in total. The van der Waals surface area contributed by atoms with E-state index in [1.807, 2.05) is 193 Å². The van der Waals surface area contributed by atoms with Crippen molar-refractivity contribution in [3.8, 4) is 17.2 Å². The van der Waals surface area contributed by atoms with Crippen molar-refractivity contribution in [2.24, 2.45) is 27.4 Å². The molecule has 2 amide bonds. The number of pyridine rings is 6. The number of alkyl halides is 6. The summed E-state index contributed by atoms with van der Waals surface area (Å²) in [5, 5.41) is 23.9. The van der Waals surface area contributed by atoms with Crippen LogP contribution in [0.1, 0.15) is 226 Å². The second-order valence-electron chi connectivity index (χ2n) is 39.5. The molecule has 34 heteroatoms. The van der Waals surface area contributed by atoms with Gasteiger partial charge in [-0.2, -0.15) is 26.3 Å². The monoisotopic (exact) mass is 2050 g/mol. The normalized spacial score (nSPS) is 11.3. The molecule has 10 heterocycles. The Balaban J connectivity index is 0.000000321. The van der Waals surface area contributed by atoms with Crippen LogP contribution in [0.5, 0.6) is 17.2 Å². The number of hydrogen-bond donors (Lipinski definition) is 9. The molecule has 0 atom stereocenters. The highest BCUT2D eigenvalue weighted by Gasteiger charge is 2.39. The number of aromatic amines is 2. The van der Waals surface area contributed by atoms with Crippen LogP contribution in [0.2, 0.25) is 0 Å². The van der Waals surface area contributed by atoms with Crippen molar-refractivity contribution in [3.05, 3.63) is 338 Å². The zero-order valence-electron chi connectivity index (χ0n) is 86.0. The van der Waals surface area contributed by atoms with E-state index >= 15 is 0 Å². The highest BCUT2D eigenvalue weighted by atomic mass is 32.1. The summed E-state index contributed by atoms with van der Waals surface area (Å²) in [6, 6.07) is 53.7. The average Bonchev–Trinajstić information content (AvgIpc) is 1.47. The third-order valence-corrected chi connectivity index (χ3v) is 21.8. The van der Waals surface area contributed by atoms with Gasteiger partial charge in [0.05, 0.1) is 64.0 Å². The number of thiazole rings is 2. The first-order chi connectivity index (χ1) is 68.7. The highest BCUT2D eigenvalue weighted by Crippen LogP contribution is 2.28. The highest BCUT2D eigenvalue weighted by molar-refractivity contribution is 7.09. The molecule has 0 bridgehead atoms. The number of rotatable bonds is 45. The van der Waals surface area contributed by atoms with Gasteiger partial charge in [-0.25, -0.2) is 19.9 Å². The van der Waals surface area contributed by atoms with Gasteiger partial charge in [-0.1, -0.05) is 153 Å². The fraction of sp³-hybridized carbons (Fsp3) is 0.446. The van der Waals surface area contributed by atoms with Crippen LogP contribution in [-0.4, -0.2) is 147 Å². The minimum atomic E-state index is -4.86. The molecule has 794 valence electrons. The topological polar surface area (TPSA) is 327 Å². The van der Waals surface area contributed by atoms with Gasteiger partial charge in [0.2, 0.25) is 0 Å². The molecule has 10 N–H and O–H groups in total. The number of carbonyl (C=O) groups excluding carboxylic acids is 2. The molecule has 0 unspecified atom stereocenters. The smallest absolute Gasteiger partial charge is 0.471 e. The minimum absolute atomic E-state index is 0. The predicted molar refractivity (Wildman–Crippen MR) is 576 cm³/mol. The standard InChI is InChI=1S/C27H32F3N5O2.C26H30F3N5O2.C25H33N5O.2C8H14N2.2C8H13NS.2CH4/c1-35(20-24-9-3-5-11-33-24)19-22-14-21(17-31-18-23-8-2-4-10-32-23)15-25(16-22)37-13-7-6-12-34-26(36)27(28,29)30;27-26(28,29)25(35)34-11-5-6-12-36-24-14-20(16-30-18-22-7-1-3-9-32-22)13-21(15-24)17-31-19-23-8-2-4-10-33-23;1-30(20-24-9-3-6-12-29-24)19-22-14-21(15-25(16-22)31-13-7-4-10-26)17-27-18-23-8-2-5-11-28-23;4*1-8(2,3)6-7-9-4-5-10-7;;/h2-5,8-11,14-16,31H,6-7,12-13,17-20H2,1H3,(H,34,36);1-4,7-10,13-15,30-31H,5-6,11-12,16-19H2,(H,34,35);2-3,5-6,8-9,11-12,14-16,27H,4,7,10,13,17-20,26H2,1H3;2*4-5H,6H2,1-3H3,(H,9,10);2*4-5H,6H2,1-3H3;2*1H4. The maximum Gasteiger partial charge on any atom is 0.471 e. The molecule has 0 aliphatic heterocycles. The lowest BCUT2D eigenvalue weighted by Gasteiger charge is -2.18. The molecular weight excluding hydrogens is 1900 g/mol. The van der Waals surface area contributed by atoms with E-state index in [9.17, 15) is 35.9 Å². The van der Waals surface area contributed by atoms with Gasteiger partial charge in [0.25, 0.3) is 0 Å². The number of aromatic nitrogens is 12. The summed E-state index contributed by atoms with van der Waals surface area (Å²) in [7, 11) is 4.14. The summed E-state index contributed by atoms with van der Waals surface area (Å²) in [4.78, 5) is 75.2. The molecule has 0 saturated heterocycles. The van der Waals surface area contributed by atoms with E-state index < -0.39 is 24.2 Å². The Bertz CT molecular complexity index is 5290. The van der Waals surface area contributed by atoms with Crippen LogP contribution >= 0.6 is 22.7 Å². The summed E-state index contributed by atoms with van der Waals surface area (Å²) < 4.78 is 91.3. The number of H-pyrrole nitrogens is 2. The van der Waals surface area contributed by atoms with E-state index in [4.69, 9.17) is 19.9 Å². The second kappa shape index (κ2) is 67.6. The number of unbranched alkanes of at least 4 members (excludes halogenated alkanes) is 3. The molecule has 0 aliphatic rings. The molecule has 0 radical (unpaired) electrons. The van der Waals surface area contributed by atoms with Gasteiger partial charge in [0.15, 0.2) is 0 Å². The van der Waals surface area contributed by atoms with E-state index in [0.717, 1.165) is 139 Å². The van der Waals surface area contributed by atoms with Crippen molar-refractivity contribution in [3.63, 3.8) is 0 Å². The molecule has 10 aromatic heterocycles. The van der Waals surface area contributed by atoms with Gasteiger partial charge in [-0.3, -0.25) is 49.3 Å². The SMILES string of the molecule is C.C.CC(C)(C)Cc1ncc[nH]1.CC(C)(C)Cc1ncc[nH]1.CC(C)(C)Cc1nccs1.CC(C)(C)Cc1nccs1.CN(Cc1cc(CNCc2ccccn2)cc(OCCCCN)c1)Cc1ccccn1.CN(Cc1cc(CNCc2ccccn2)cc(OCCCCNC(=O)C(F)(F)F)c1)Cc1ccccn1.O=C(NCCCCOc1cc(CNCc2ccccn2)cc(CNCc2ccccn2)c1)C(F)(F)F. The fourth-order valence-corrected chi connectivity index (χ4v) is 15.7. The van der Waals surface area contributed by atoms with Gasteiger partial charge in [-0.05, 0) is 223 Å². The van der Waals surface area contributed by atoms with Crippen LogP contribution in [0, 0.1) is 21.7 Å². The minimum Gasteiger partial charge on any atom is -0.494 e. The molecule has 3 aromatic carbocycles. The number of hydrogen-bond acceptors (Lipinski definition) is 24. The Morgan fingerprint density at radius 2 is 0.616 bits per heavy atom. The van der Waals surface area contributed by atoms with Crippen molar-refractivity contribution in [1.29, 1.82) is 0 Å². The number of halogens is 6. The van der Waals surface area contributed by atoms with Gasteiger partial charge in [-0.15, -0.1) is 22.7 Å². The first-order valence-electron chi connectivity index (χ1n) is 48.7. The maximum atomic E-state index is 12.3. The number of nitrogens with zero attached hydrogens (tertiary/aromatic N) is 12. The molecule has 13 rings (SSSR count). The fourth-order valence-electron chi connectivity index (χ4n) is 13.9. The first kappa shape index (κ1) is 124.